The van der Waals surface area contributed by atoms with Crippen LogP contribution in [-0.2, 0) is 0 Å². The summed E-state index contributed by atoms with van der Waals surface area (Å²) in [5.41, 5.74) is 0.674. The monoisotopic (exact) mass is 167 g/mol. The van der Waals surface area contributed by atoms with Gasteiger partial charge in [0.25, 0.3) is 0 Å². The molecule has 0 amide bonds. The minimum atomic E-state index is 0.674. The van der Waals surface area contributed by atoms with E-state index < -0.39 is 0 Å². The average Bonchev–Trinajstić information content (AvgIpc) is 2.76. The van der Waals surface area contributed by atoms with E-state index in [-0.39, 0.29) is 0 Å². The van der Waals surface area contributed by atoms with Gasteiger partial charge in [0, 0.05) is 5.54 Å². The van der Waals surface area contributed by atoms with Crippen molar-refractivity contribution in [3.05, 3.63) is 0 Å². The van der Waals surface area contributed by atoms with E-state index in [1.54, 1.807) is 0 Å². The van der Waals surface area contributed by atoms with Crippen LogP contribution in [-0.4, -0.2) is 24.0 Å². The number of piperidine rings is 1. The first-order valence-corrected chi connectivity index (χ1v) is 5.35. The smallest absolute Gasteiger partial charge is 0.0210 e. The molecule has 12 heavy (non-hydrogen) atoms. The minimum absolute atomic E-state index is 0.674. The Kier molecular flexibility index (Phi) is 1.95. The topological polar surface area (TPSA) is 3.24 Å². The van der Waals surface area contributed by atoms with Gasteiger partial charge in [-0.05, 0) is 51.1 Å². The second kappa shape index (κ2) is 2.73. The number of hydrogen-bond acceptors (Lipinski definition) is 1. The molecular formula is C11H21N. The van der Waals surface area contributed by atoms with Crippen LogP contribution in [0.25, 0.3) is 0 Å². The maximum atomic E-state index is 2.60. The highest BCUT2D eigenvalue weighted by Crippen LogP contribution is 2.50. The molecule has 0 aromatic heterocycles. The van der Waals surface area contributed by atoms with Gasteiger partial charge in [0.1, 0.15) is 0 Å². The molecule has 1 saturated carbocycles. The van der Waals surface area contributed by atoms with E-state index in [0.29, 0.717) is 5.54 Å². The van der Waals surface area contributed by atoms with Gasteiger partial charge in [0.2, 0.25) is 0 Å². The lowest BCUT2D eigenvalue weighted by Crippen LogP contribution is -2.42. The molecule has 0 bridgehead atoms. The van der Waals surface area contributed by atoms with Crippen molar-refractivity contribution in [1.29, 1.82) is 0 Å². The zero-order chi connectivity index (χ0) is 8.77. The summed E-state index contributed by atoms with van der Waals surface area (Å²) >= 11 is 0. The quantitative estimate of drug-likeness (QED) is 0.580. The fourth-order valence-electron chi connectivity index (χ4n) is 2.64. The molecule has 0 N–H and O–H groups in total. The summed E-state index contributed by atoms with van der Waals surface area (Å²) in [5, 5.41) is 0. The standard InChI is InChI=1S/C11H21N/c1-9(2)10-4-7-12(3)11(8-10)5-6-11/h9-10H,4-8H2,1-3H3/t10-/m0/s1. The first-order valence-electron chi connectivity index (χ1n) is 5.35. The number of nitrogens with zero attached hydrogens (tertiary/aromatic N) is 1. The highest BCUT2D eigenvalue weighted by molar-refractivity contribution is 5.06. The van der Waals surface area contributed by atoms with Gasteiger partial charge in [-0.3, -0.25) is 0 Å². The van der Waals surface area contributed by atoms with Gasteiger partial charge in [-0.2, -0.15) is 0 Å². The molecule has 1 aliphatic heterocycles. The summed E-state index contributed by atoms with van der Waals surface area (Å²) in [6.07, 6.45) is 5.83. The van der Waals surface area contributed by atoms with E-state index in [1.165, 1.54) is 32.2 Å². The second-order valence-corrected chi connectivity index (χ2v) is 5.14. The van der Waals surface area contributed by atoms with Crippen LogP contribution in [0, 0.1) is 11.8 Å². The molecule has 70 valence electrons. The first kappa shape index (κ1) is 8.55. The lowest BCUT2D eigenvalue weighted by Gasteiger charge is -2.39. The van der Waals surface area contributed by atoms with Crippen LogP contribution in [0.4, 0.5) is 0 Å². The SMILES string of the molecule is CC(C)[C@H]1CCN(C)C2(CC2)C1. The third-order valence-corrected chi connectivity index (χ3v) is 4.06. The Bertz CT molecular complexity index is 170. The van der Waals surface area contributed by atoms with Gasteiger partial charge in [-0.25, -0.2) is 0 Å². The van der Waals surface area contributed by atoms with Gasteiger partial charge >= 0.3 is 0 Å². The molecule has 1 heterocycles. The van der Waals surface area contributed by atoms with Crippen molar-refractivity contribution >= 4 is 0 Å². The molecule has 1 aliphatic carbocycles. The van der Waals surface area contributed by atoms with Gasteiger partial charge in [0.15, 0.2) is 0 Å². The van der Waals surface area contributed by atoms with Crippen molar-refractivity contribution in [3.63, 3.8) is 0 Å². The second-order valence-electron chi connectivity index (χ2n) is 5.14. The normalized spacial score (nSPS) is 34.5. The Morgan fingerprint density at radius 3 is 2.50 bits per heavy atom. The summed E-state index contributed by atoms with van der Waals surface area (Å²) in [4.78, 5) is 2.60. The van der Waals surface area contributed by atoms with Crippen molar-refractivity contribution in [2.45, 2.75) is 45.1 Å². The van der Waals surface area contributed by atoms with Crippen LogP contribution < -0.4 is 0 Å². The van der Waals surface area contributed by atoms with Crippen molar-refractivity contribution in [2.75, 3.05) is 13.6 Å². The molecule has 0 radical (unpaired) electrons. The fourth-order valence-corrected chi connectivity index (χ4v) is 2.64. The van der Waals surface area contributed by atoms with E-state index in [2.05, 4.69) is 25.8 Å². The highest BCUT2D eigenvalue weighted by Gasteiger charge is 2.49. The molecule has 1 saturated heterocycles. The third-order valence-electron chi connectivity index (χ3n) is 4.06. The van der Waals surface area contributed by atoms with Gasteiger partial charge in [0.05, 0.1) is 0 Å². The largest absolute Gasteiger partial charge is 0.301 e. The van der Waals surface area contributed by atoms with E-state index in [0.717, 1.165) is 11.8 Å². The Morgan fingerprint density at radius 2 is 2.00 bits per heavy atom. The first-order chi connectivity index (χ1) is 5.64. The maximum Gasteiger partial charge on any atom is 0.0210 e. The molecule has 2 rings (SSSR count). The molecule has 0 aromatic rings. The molecular weight excluding hydrogens is 146 g/mol. The lowest BCUT2D eigenvalue weighted by atomic mass is 9.82. The van der Waals surface area contributed by atoms with E-state index in [4.69, 9.17) is 0 Å². The zero-order valence-electron chi connectivity index (χ0n) is 8.64. The summed E-state index contributed by atoms with van der Waals surface area (Å²) < 4.78 is 0. The number of hydrogen-bond donors (Lipinski definition) is 0. The lowest BCUT2D eigenvalue weighted by molar-refractivity contribution is 0.101. The Morgan fingerprint density at radius 1 is 1.33 bits per heavy atom. The van der Waals surface area contributed by atoms with Crippen LogP contribution >= 0.6 is 0 Å². The van der Waals surface area contributed by atoms with Gasteiger partial charge in [-0.1, -0.05) is 13.8 Å². The van der Waals surface area contributed by atoms with Crippen LogP contribution in [0.15, 0.2) is 0 Å². The van der Waals surface area contributed by atoms with Crippen molar-refractivity contribution < 1.29 is 0 Å². The molecule has 0 aromatic carbocycles. The summed E-state index contributed by atoms with van der Waals surface area (Å²) in [7, 11) is 2.31. The van der Waals surface area contributed by atoms with Crippen molar-refractivity contribution in [3.8, 4) is 0 Å². The van der Waals surface area contributed by atoms with Gasteiger partial charge < -0.3 is 4.90 Å². The third kappa shape index (κ3) is 1.28. The van der Waals surface area contributed by atoms with Crippen molar-refractivity contribution in [2.24, 2.45) is 11.8 Å². The zero-order valence-corrected chi connectivity index (χ0v) is 8.64. The average molecular weight is 167 g/mol. The van der Waals surface area contributed by atoms with E-state index >= 15 is 0 Å². The van der Waals surface area contributed by atoms with Crippen LogP contribution in [0.1, 0.15) is 39.5 Å². The number of rotatable bonds is 1. The van der Waals surface area contributed by atoms with E-state index in [9.17, 15) is 0 Å². The Hall–Kier alpha value is -0.0400. The number of likely N-dealkylation sites (tertiary alicyclic amines) is 1. The predicted molar refractivity (Wildman–Crippen MR) is 52.2 cm³/mol. The molecule has 1 spiro atoms. The summed E-state index contributed by atoms with van der Waals surface area (Å²) in [5.74, 6) is 1.90. The van der Waals surface area contributed by atoms with E-state index in [1.807, 2.05) is 0 Å². The molecule has 1 atom stereocenters. The summed E-state index contributed by atoms with van der Waals surface area (Å²) in [6, 6.07) is 0. The molecule has 2 aliphatic rings. The molecule has 2 fully saturated rings. The van der Waals surface area contributed by atoms with Gasteiger partial charge in [-0.15, -0.1) is 0 Å². The fraction of sp³-hybridized carbons (Fsp3) is 1.00. The molecule has 1 nitrogen and oxygen atoms in total. The summed E-state index contributed by atoms with van der Waals surface area (Å²) in [6.45, 7) is 6.10. The highest BCUT2D eigenvalue weighted by atomic mass is 15.2. The van der Waals surface area contributed by atoms with Crippen LogP contribution in [0.5, 0.6) is 0 Å². The van der Waals surface area contributed by atoms with Crippen molar-refractivity contribution in [1.82, 2.24) is 4.90 Å². The van der Waals surface area contributed by atoms with Crippen LogP contribution in [0.3, 0.4) is 0 Å². The van der Waals surface area contributed by atoms with Crippen LogP contribution in [0.2, 0.25) is 0 Å². The Labute approximate surface area is 76.1 Å². The maximum absolute atomic E-state index is 2.60. The Balaban J connectivity index is 1.99. The molecule has 0 unspecified atom stereocenters. The molecule has 1 heteroatoms. The minimum Gasteiger partial charge on any atom is -0.301 e. The predicted octanol–water partition coefficient (Wildman–Crippen LogP) is 2.52.